The molecule has 0 aromatic heterocycles. The Bertz CT molecular complexity index is 1040. The molecule has 126 valence electrons. The van der Waals surface area contributed by atoms with Gasteiger partial charge in [0.2, 0.25) is 5.91 Å². The lowest BCUT2D eigenvalue weighted by atomic mass is 10.1. The van der Waals surface area contributed by atoms with Gasteiger partial charge in [-0.3, -0.25) is 9.52 Å². The van der Waals surface area contributed by atoms with Gasteiger partial charge in [0.25, 0.3) is 10.0 Å². The molecule has 2 N–H and O–H groups in total. The zero-order valence-electron chi connectivity index (χ0n) is 13.3. The van der Waals surface area contributed by atoms with Gasteiger partial charge >= 0.3 is 0 Å². The standard InChI is InChI=1S/C19H16N2O3S/c1-2-19(22)20-16-9-11-18(12-10-16)25(23,24)21-17-8-7-14-5-3-4-6-15(14)13-17/h2-13,21H,1H2,(H,20,22). The van der Waals surface area contributed by atoms with Gasteiger partial charge in [0, 0.05) is 11.4 Å². The molecular formula is C19H16N2O3S. The second-order valence-electron chi connectivity index (χ2n) is 5.39. The van der Waals surface area contributed by atoms with E-state index in [1.807, 2.05) is 30.3 Å². The van der Waals surface area contributed by atoms with Crippen LogP contribution in [0.4, 0.5) is 11.4 Å². The third kappa shape index (κ3) is 3.87. The number of fused-ring (bicyclic) bond motifs is 1. The highest BCUT2D eigenvalue weighted by molar-refractivity contribution is 7.92. The van der Waals surface area contributed by atoms with Crippen molar-refractivity contribution < 1.29 is 13.2 Å². The minimum absolute atomic E-state index is 0.109. The summed E-state index contributed by atoms with van der Waals surface area (Å²) in [5.41, 5.74) is 0.984. The van der Waals surface area contributed by atoms with Gasteiger partial charge in [-0.25, -0.2) is 8.42 Å². The van der Waals surface area contributed by atoms with Gasteiger partial charge in [-0.2, -0.15) is 0 Å². The summed E-state index contributed by atoms with van der Waals surface area (Å²) in [7, 11) is -3.72. The molecule has 0 aliphatic heterocycles. The van der Waals surface area contributed by atoms with Gasteiger partial charge in [-0.15, -0.1) is 0 Å². The molecule has 0 heterocycles. The van der Waals surface area contributed by atoms with Crippen LogP contribution in [0, 0.1) is 0 Å². The summed E-state index contributed by atoms with van der Waals surface area (Å²) in [4.78, 5) is 11.4. The largest absolute Gasteiger partial charge is 0.323 e. The molecule has 6 heteroatoms. The lowest BCUT2D eigenvalue weighted by Gasteiger charge is -2.10. The molecule has 3 aromatic carbocycles. The third-order valence-corrected chi connectivity index (χ3v) is 5.02. The van der Waals surface area contributed by atoms with Crippen LogP contribution in [0.1, 0.15) is 0 Å². The number of anilines is 2. The molecule has 0 saturated carbocycles. The van der Waals surface area contributed by atoms with Crippen LogP contribution in [0.2, 0.25) is 0 Å². The quantitative estimate of drug-likeness (QED) is 0.687. The van der Waals surface area contributed by atoms with E-state index in [0.29, 0.717) is 11.4 Å². The maximum atomic E-state index is 12.5. The molecule has 5 nitrogen and oxygen atoms in total. The Morgan fingerprint density at radius 2 is 1.52 bits per heavy atom. The average Bonchev–Trinajstić information content (AvgIpc) is 2.61. The van der Waals surface area contributed by atoms with Crippen molar-refractivity contribution in [2.75, 3.05) is 10.0 Å². The number of sulfonamides is 1. The van der Waals surface area contributed by atoms with Crippen molar-refractivity contribution in [3.05, 3.63) is 79.4 Å². The Morgan fingerprint density at radius 1 is 0.880 bits per heavy atom. The highest BCUT2D eigenvalue weighted by atomic mass is 32.2. The van der Waals surface area contributed by atoms with Crippen molar-refractivity contribution in [1.82, 2.24) is 0 Å². The Morgan fingerprint density at radius 3 is 2.20 bits per heavy atom. The van der Waals surface area contributed by atoms with Gasteiger partial charge in [0.1, 0.15) is 0 Å². The number of benzene rings is 3. The molecule has 0 aliphatic carbocycles. The first-order valence-corrected chi connectivity index (χ1v) is 9.01. The fourth-order valence-electron chi connectivity index (χ4n) is 2.38. The highest BCUT2D eigenvalue weighted by Crippen LogP contribution is 2.22. The molecule has 0 fully saturated rings. The zero-order valence-corrected chi connectivity index (χ0v) is 14.1. The van der Waals surface area contributed by atoms with Crippen LogP contribution in [-0.2, 0) is 14.8 Å². The van der Waals surface area contributed by atoms with E-state index in [1.54, 1.807) is 12.1 Å². The van der Waals surface area contributed by atoms with Crippen LogP contribution in [-0.4, -0.2) is 14.3 Å². The summed E-state index contributed by atoms with van der Waals surface area (Å²) in [6.45, 7) is 3.36. The van der Waals surface area contributed by atoms with Crippen LogP contribution in [0.5, 0.6) is 0 Å². The Kier molecular flexibility index (Phi) is 4.54. The van der Waals surface area contributed by atoms with Crippen LogP contribution in [0.15, 0.2) is 84.3 Å². The molecule has 0 unspecified atom stereocenters. The van der Waals surface area contributed by atoms with Crippen molar-refractivity contribution in [2.45, 2.75) is 4.90 Å². The van der Waals surface area contributed by atoms with Gasteiger partial charge in [0.05, 0.1) is 4.90 Å². The summed E-state index contributed by atoms with van der Waals surface area (Å²) in [6.07, 6.45) is 1.14. The fourth-order valence-corrected chi connectivity index (χ4v) is 3.43. The smallest absolute Gasteiger partial charge is 0.261 e. The van der Waals surface area contributed by atoms with Gasteiger partial charge in [-0.05, 0) is 53.2 Å². The van der Waals surface area contributed by atoms with E-state index >= 15 is 0 Å². The molecule has 0 saturated heterocycles. The molecule has 25 heavy (non-hydrogen) atoms. The maximum absolute atomic E-state index is 12.5. The predicted molar refractivity (Wildman–Crippen MR) is 100 cm³/mol. The molecule has 0 bridgehead atoms. The monoisotopic (exact) mass is 352 g/mol. The van der Waals surface area contributed by atoms with E-state index in [2.05, 4.69) is 16.6 Å². The average molecular weight is 352 g/mol. The summed E-state index contributed by atoms with van der Waals surface area (Å²) >= 11 is 0. The Balaban J connectivity index is 1.82. The molecule has 0 radical (unpaired) electrons. The van der Waals surface area contributed by atoms with Crippen LogP contribution >= 0.6 is 0 Å². The lowest BCUT2D eigenvalue weighted by Crippen LogP contribution is -2.13. The first kappa shape index (κ1) is 16.7. The van der Waals surface area contributed by atoms with E-state index in [-0.39, 0.29) is 10.8 Å². The first-order valence-electron chi connectivity index (χ1n) is 7.53. The first-order chi connectivity index (χ1) is 12.0. The number of hydrogen-bond acceptors (Lipinski definition) is 3. The Hall–Kier alpha value is -3.12. The minimum Gasteiger partial charge on any atom is -0.323 e. The van der Waals surface area contributed by atoms with Gasteiger partial charge < -0.3 is 5.32 Å². The molecule has 0 spiro atoms. The van der Waals surface area contributed by atoms with E-state index in [4.69, 9.17) is 0 Å². The van der Waals surface area contributed by atoms with Crippen molar-refractivity contribution in [3.8, 4) is 0 Å². The van der Waals surface area contributed by atoms with E-state index in [9.17, 15) is 13.2 Å². The number of nitrogens with one attached hydrogen (secondary N) is 2. The lowest BCUT2D eigenvalue weighted by molar-refractivity contribution is -0.111. The van der Waals surface area contributed by atoms with Crippen LogP contribution < -0.4 is 10.0 Å². The van der Waals surface area contributed by atoms with Gasteiger partial charge in [-0.1, -0.05) is 36.9 Å². The summed E-state index contributed by atoms with van der Waals surface area (Å²) in [6, 6.07) is 19.0. The van der Waals surface area contributed by atoms with Crippen molar-refractivity contribution in [1.29, 1.82) is 0 Å². The van der Waals surface area contributed by atoms with Crippen LogP contribution in [0.3, 0.4) is 0 Å². The molecular weight excluding hydrogens is 336 g/mol. The molecule has 3 aromatic rings. The van der Waals surface area contributed by atoms with Crippen molar-refractivity contribution in [2.24, 2.45) is 0 Å². The normalized spacial score (nSPS) is 11.0. The molecule has 0 atom stereocenters. The van der Waals surface area contributed by atoms with E-state index in [1.165, 1.54) is 24.3 Å². The SMILES string of the molecule is C=CC(=O)Nc1ccc(S(=O)(=O)Nc2ccc3ccccc3c2)cc1. The van der Waals surface area contributed by atoms with Gasteiger partial charge in [0.15, 0.2) is 0 Å². The minimum atomic E-state index is -3.72. The van der Waals surface area contributed by atoms with E-state index in [0.717, 1.165) is 16.8 Å². The third-order valence-electron chi connectivity index (χ3n) is 3.62. The molecule has 0 aliphatic rings. The maximum Gasteiger partial charge on any atom is 0.261 e. The predicted octanol–water partition coefficient (Wildman–Crippen LogP) is 3.77. The number of amides is 1. The fraction of sp³-hybridized carbons (Fsp3) is 0. The summed E-state index contributed by atoms with van der Waals surface area (Å²) in [5.74, 6) is -0.357. The number of carbonyl (C=O) groups is 1. The molecule has 1 amide bonds. The van der Waals surface area contributed by atoms with Crippen molar-refractivity contribution in [3.63, 3.8) is 0 Å². The molecule has 3 rings (SSSR count). The highest BCUT2D eigenvalue weighted by Gasteiger charge is 2.14. The van der Waals surface area contributed by atoms with Crippen molar-refractivity contribution >= 4 is 38.1 Å². The zero-order chi connectivity index (χ0) is 17.9. The number of rotatable bonds is 5. The second-order valence-corrected chi connectivity index (χ2v) is 7.07. The van der Waals surface area contributed by atoms with E-state index < -0.39 is 10.0 Å². The summed E-state index contributed by atoms with van der Waals surface area (Å²) < 4.78 is 27.6. The van der Waals surface area contributed by atoms with Crippen LogP contribution in [0.25, 0.3) is 10.8 Å². The number of carbonyl (C=O) groups excluding carboxylic acids is 1. The topological polar surface area (TPSA) is 75.3 Å². The summed E-state index contributed by atoms with van der Waals surface area (Å²) in [5, 5.41) is 4.55. The second kappa shape index (κ2) is 6.78. The number of hydrogen-bond donors (Lipinski definition) is 2. The Labute approximate surface area is 146 Å².